The molecular weight excluding hydrogens is 389 g/mol. The summed E-state index contributed by atoms with van der Waals surface area (Å²) in [5, 5.41) is 7.20. The predicted octanol–water partition coefficient (Wildman–Crippen LogP) is 1.96. The topological polar surface area (TPSA) is 81.5 Å². The van der Waals surface area contributed by atoms with Crippen molar-refractivity contribution in [1.29, 1.82) is 0 Å². The first kappa shape index (κ1) is 19.6. The number of ether oxygens (including phenoxy) is 2. The fourth-order valence-electron chi connectivity index (χ4n) is 4.87. The minimum absolute atomic E-state index is 0.0266. The number of halogens is 1. The number of carbonyl (C=O) groups excluding carboxylic acids is 1. The summed E-state index contributed by atoms with van der Waals surface area (Å²) in [6.07, 6.45) is 7.49. The van der Waals surface area contributed by atoms with Gasteiger partial charge in [-0.2, -0.15) is 5.10 Å². The number of nitrogens with one attached hydrogen (secondary N) is 1. The van der Waals surface area contributed by atoms with E-state index in [0.29, 0.717) is 25.6 Å². The van der Waals surface area contributed by atoms with Crippen LogP contribution >= 0.6 is 0 Å². The van der Waals surface area contributed by atoms with Crippen LogP contribution in [0.3, 0.4) is 0 Å². The van der Waals surface area contributed by atoms with Crippen LogP contribution in [-0.2, 0) is 14.3 Å². The molecule has 8 nitrogen and oxygen atoms in total. The second-order valence-electron chi connectivity index (χ2n) is 8.57. The zero-order chi connectivity index (χ0) is 20.8. The van der Waals surface area contributed by atoms with Crippen molar-refractivity contribution in [3.05, 3.63) is 42.1 Å². The zero-order valence-electron chi connectivity index (χ0n) is 17.0. The lowest BCUT2D eigenvalue weighted by atomic mass is 9.77. The molecule has 1 saturated carbocycles. The molecule has 0 unspecified atom stereocenters. The highest BCUT2D eigenvalue weighted by Gasteiger charge is 2.49. The average molecular weight is 415 g/mol. The molecule has 2 spiro atoms. The van der Waals surface area contributed by atoms with Gasteiger partial charge in [-0.25, -0.2) is 14.1 Å². The Labute approximate surface area is 174 Å². The van der Waals surface area contributed by atoms with Gasteiger partial charge in [-0.05, 0) is 31.4 Å². The summed E-state index contributed by atoms with van der Waals surface area (Å²) in [7, 11) is 0. The molecule has 0 radical (unpaired) electrons. The zero-order valence-corrected chi connectivity index (χ0v) is 17.0. The van der Waals surface area contributed by atoms with E-state index in [9.17, 15) is 9.18 Å². The molecule has 4 heterocycles. The number of carbonyl (C=O) groups is 1. The Morgan fingerprint density at radius 3 is 2.57 bits per heavy atom. The number of aromatic nitrogens is 3. The summed E-state index contributed by atoms with van der Waals surface area (Å²) in [5.74, 6) is -0.248. The number of hydrogen-bond donors (Lipinski definition) is 1. The third kappa shape index (κ3) is 3.61. The molecule has 3 fully saturated rings. The molecule has 3 aliphatic rings. The van der Waals surface area contributed by atoms with Gasteiger partial charge in [0.1, 0.15) is 0 Å². The first-order chi connectivity index (χ1) is 14.5. The van der Waals surface area contributed by atoms with E-state index >= 15 is 0 Å². The van der Waals surface area contributed by atoms with Gasteiger partial charge in [0.25, 0.3) is 0 Å². The largest absolute Gasteiger partial charge is 0.348 e. The molecule has 1 amide bonds. The van der Waals surface area contributed by atoms with E-state index in [-0.39, 0.29) is 17.5 Å². The molecule has 1 N–H and O–H groups in total. The first-order valence-corrected chi connectivity index (χ1v) is 10.5. The quantitative estimate of drug-likeness (QED) is 0.825. The molecule has 30 heavy (non-hydrogen) atoms. The molecule has 1 aliphatic carbocycles. The van der Waals surface area contributed by atoms with E-state index in [2.05, 4.69) is 27.2 Å². The van der Waals surface area contributed by atoms with E-state index in [1.54, 1.807) is 6.20 Å². The van der Waals surface area contributed by atoms with Crippen LogP contribution in [-0.4, -0.2) is 63.2 Å². The molecule has 0 aromatic carbocycles. The second-order valence-corrected chi connectivity index (χ2v) is 8.57. The molecule has 160 valence electrons. The SMILES string of the molecule is C[C@@H](c1ccc(-n2cc(F)cn2)nc1)N1CC(=O)NC2(CCC3(CC2)OCCO3)C1. The van der Waals surface area contributed by atoms with Crippen LogP contribution in [0.1, 0.15) is 44.2 Å². The number of hydrogen-bond acceptors (Lipinski definition) is 6. The van der Waals surface area contributed by atoms with E-state index in [1.165, 1.54) is 10.9 Å². The Kier molecular flexibility index (Phi) is 4.83. The van der Waals surface area contributed by atoms with E-state index in [0.717, 1.165) is 44.0 Å². The van der Waals surface area contributed by atoms with Crippen molar-refractivity contribution in [3.63, 3.8) is 0 Å². The fraction of sp³-hybridized carbons (Fsp3) is 0.571. The van der Waals surface area contributed by atoms with Crippen LogP contribution in [0.5, 0.6) is 0 Å². The third-order valence-corrected chi connectivity index (χ3v) is 6.63. The molecule has 2 aromatic rings. The monoisotopic (exact) mass is 415 g/mol. The second kappa shape index (κ2) is 7.40. The maximum atomic E-state index is 13.2. The van der Waals surface area contributed by atoms with E-state index in [1.807, 2.05) is 12.1 Å². The lowest BCUT2D eigenvalue weighted by Crippen LogP contribution is -2.65. The molecular formula is C21H26FN5O3. The molecule has 2 aliphatic heterocycles. The van der Waals surface area contributed by atoms with E-state index < -0.39 is 11.6 Å². The number of nitrogens with zero attached hydrogens (tertiary/aromatic N) is 4. The van der Waals surface area contributed by atoms with Gasteiger partial charge >= 0.3 is 0 Å². The number of amides is 1. The Hall–Kier alpha value is -2.36. The van der Waals surface area contributed by atoms with Gasteiger partial charge in [0, 0.05) is 31.6 Å². The van der Waals surface area contributed by atoms with Gasteiger partial charge < -0.3 is 14.8 Å². The predicted molar refractivity (Wildman–Crippen MR) is 105 cm³/mol. The van der Waals surface area contributed by atoms with Crippen molar-refractivity contribution >= 4 is 5.91 Å². The van der Waals surface area contributed by atoms with Crippen molar-refractivity contribution in [1.82, 2.24) is 25.0 Å². The molecule has 2 saturated heterocycles. The van der Waals surface area contributed by atoms with Crippen molar-refractivity contribution in [2.45, 2.75) is 50.0 Å². The third-order valence-electron chi connectivity index (χ3n) is 6.63. The lowest BCUT2D eigenvalue weighted by Gasteiger charge is -2.50. The maximum absolute atomic E-state index is 13.2. The summed E-state index contributed by atoms with van der Waals surface area (Å²) in [6.45, 7) is 4.52. The number of piperazine rings is 1. The minimum atomic E-state index is -0.449. The Morgan fingerprint density at radius 2 is 1.93 bits per heavy atom. The van der Waals surface area contributed by atoms with Gasteiger partial charge in [-0.1, -0.05) is 6.07 Å². The summed E-state index contributed by atoms with van der Waals surface area (Å²) in [4.78, 5) is 19.2. The van der Waals surface area contributed by atoms with Crippen LogP contribution in [0.4, 0.5) is 4.39 Å². The maximum Gasteiger partial charge on any atom is 0.234 e. The van der Waals surface area contributed by atoms with Crippen molar-refractivity contribution in [2.75, 3.05) is 26.3 Å². The summed E-state index contributed by atoms with van der Waals surface area (Å²) >= 11 is 0. The van der Waals surface area contributed by atoms with Gasteiger partial charge in [0.05, 0.1) is 37.7 Å². The molecule has 0 bridgehead atoms. The average Bonchev–Trinajstić information content (AvgIpc) is 3.39. The highest BCUT2D eigenvalue weighted by atomic mass is 19.1. The summed E-state index contributed by atoms with van der Waals surface area (Å²) < 4.78 is 26.3. The van der Waals surface area contributed by atoms with Gasteiger partial charge in [0.2, 0.25) is 5.91 Å². The molecule has 5 rings (SSSR count). The van der Waals surface area contributed by atoms with Gasteiger partial charge in [-0.15, -0.1) is 0 Å². The van der Waals surface area contributed by atoms with Gasteiger partial charge in [0.15, 0.2) is 17.4 Å². The van der Waals surface area contributed by atoms with Crippen LogP contribution < -0.4 is 5.32 Å². The molecule has 9 heteroatoms. The van der Waals surface area contributed by atoms with Crippen LogP contribution in [0.15, 0.2) is 30.7 Å². The van der Waals surface area contributed by atoms with Crippen LogP contribution in [0.2, 0.25) is 0 Å². The standard InChI is InChI=1S/C21H26FN5O3/c1-15(16-2-3-18(23-10-16)27-12-17(22)11-24-27)26-13-19(28)25-20(14-26)4-6-21(7-5-20)29-8-9-30-21/h2-3,10-12,15H,4-9,13-14H2,1H3,(H,25,28)/t15-/m0/s1. The highest BCUT2D eigenvalue weighted by Crippen LogP contribution is 2.42. The Balaban J connectivity index is 1.29. The van der Waals surface area contributed by atoms with Gasteiger partial charge in [-0.3, -0.25) is 9.69 Å². The lowest BCUT2D eigenvalue weighted by molar-refractivity contribution is -0.190. The first-order valence-electron chi connectivity index (χ1n) is 10.5. The van der Waals surface area contributed by atoms with Crippen molar-refractivity contribution in [3.8, 4) is 5.82 Å². The smallest absolute Gasteiger partial charge is 0.234 e. The van der Waals surface area contributed by atoms with Crippen molar-refractivity contribution < 1.29 is 18.7 Å². The number of pyridine rings is 1. The summed E-state index contributed by atoms with van der Waals surface area (Å²) in [5.41, 5.74) is 0.760. The Morgan fingerprint density at radius 1 is 1.17 bits per heavy atom. The minimum Gasteiger partial charge on any atom is -0.348 e. The Bertz CT molecular complexity index is 915. The van der Waals surface area contributed by atoms with E-state index in [4.69, 9.17) is 9.47 Å². The normalized spacial score (nSPS) is 24.3. The van der Waals surface area contributed by atoms with Crippen LogP contribution in [0, 0.1) is 5.82 Å². The summed E-state index contributed by atoms with van der Waals surface area (Å²) in [6, 6.07) is 3.80. The fourth-order valence-corrected chi connectivity index (χ4v) is 4.87. The molecule has 2 aromatic heterocycles. The molecule has 1 atom stereocenters. The highest BCUT2D eigenvalue weighted by molar-refractivity contribution is 5.80. The van der Waals surface area contributed by atoms with Crippen LogP contribution in [0.25, 0.3) is 5.82 Å². The number of rotatable bonds is 3. The van der Waals surface area contributed by atoms with Crippen molar-refractivity contribution in [2.24, 2.45) is 0 Å².